The van der Waals surface area contributed by atoms with Crippen molar-refractivity contribution >= 4 is 11.8 Å². The third-order valence-corrected chi connectivity index (χ3v) is 6.95. The summed E-state index contributed by atoms with van der Waals surface area (Å²) in [7, 11) is 4.09. The maximum absolute atomic E-state index is 12.4. The van der Waals surface area contributed by atoms with Gasteiger partial charge >= 0.3 is 0 Å². The predicted molar refractivity (Wildman–Crippen MR) is 122 cm³/mol. The number of nitrogens with one attached hydrogen (secondary N) is 2. The van der Waals surface area contributed by atoms with Crippen LogP contribution in [-0.2, 0) is 15.0 Å². The van der Waals surface area contributed by atoms with Gasteiger partial charge in [0.25, 0.3) is 0 Å². The second-order valence-electron chi connectivity index (χ2n) is 10.1. The van der Waals surface area contributed by atoms with Crippen molar-refractivity contribution in [3.05, 3.63) is 11.7 Å². The van der Waals surface area contributed by atoms with E-state index in [9.17, 15) is 9.59 Å². The average molecular weight is 449 g/mol. The van der Waals surface area contributed by atoms with E-state index in [2.05, 4.69) is 27.6 Å². The maximum Gasteiger partial charge on any atom is 0.249 e. The molecular formula is C23H40N6O3. The highest BCUT2D eigenvalue weighted by molar-refractivity contribution is 5.85. The van der Waals surface area contributed by atoms with Crippen molar-refractivity contribution in [1.82, 2.24) is 25.7 Å². The molecule has 1 aromatic heterocycles. The van der Waals surface area contributed by atoms with Crippen molar-refractivity contribution in [2.75, 3.05) is 33.7 Å². The van der Waals surface area contributed by atoms with E-state index in [4.69, 9.17) is 15.2 Å². The van der Waals surface area contributed by atoms with Crippen LogP contribution in [0.2, 0.25) is 0 Å². The Morgan fingerprint density at radius 2 is 2.09 bits per heavy atom. The molecule has 0 aromatic carbocycles. The Balaban J connectivity index is 1.70. The molecule has 2 saturated carbocycles. The van der Waals surface area contributed by atoms with Gasteiger partial charge in [-0.15, -0.1) is 0 Å². The number of aromatic nitrogens is 2. The lowest BCUT2D eigenvalue weighted by molar-refractivity contribution is -0.125. The van der Waals surface area contributed by atoms with E-state index in [0.29, 0.717) is 18.2 Å². The van der Waals surface area contributed by atoms with Gasteiger partial charge in [0, 0.05) is 5.41 Å². The third-order valence-electron chi connectivity index (χ3n) is 6.95. The highest BCUT2D eigenvalue weighted by atomic mass is 16.5. The predicted octanol–water partition coefficient (Wildman–Crippen LogP) is 1.89. The first-order valence-corrected chi connectivity index (χ1v) is 12.1. The van der Waals surface area contributed by atoms with Gasteiger partial charge in [0.2, 0.25) is 17.7 Å². The molecule has 2 aliphatic rings. The molecule has 4 unspecified atom stereocenters. The molecule has 4 atom stereocenters. The van der Waals surface area contributed by atoms with Crippen LogP contribution in [0.15, 0.2) is 4.52 Å². The van der Waals surface area contributed by atoms with Crippen LogP contribution in [-0.4, -0.2) is 60.6 Å². The van der Waals surface area contributed by atoms with Crippen LogP contribution < -0.4 is 16.4 Å². The second-order valence-corrected chi connectivity index (χ2v) is 10.1. The monoisotopic (exact) mass is 448 g/mol. The van der Waals surface area contributed by atoms with Gasteiger partial charge < -0.3 is 25.8 Å². The largest absolute Gasteiger partial charge is 0.346 e. The van der Waals surface area contributed by atoms with Gasteiger partial charge in [-0.05, 0) is 77.4 Å². The minimum absolute atomic E-state index is 0.0108. The summed E-state index contributed by atoms with van der Waals surface area (Å²) in [6.45, 7) is 3.05. The van der Waals surface area contributed by atoms with E-state index in [1.54, 1.807) is 0 Å². The van der Waals surface area contributed by atoms with Gasteiger partial charge in [-0.1, -0.05) is 24.9 Å². The van der Waals surface area contributed by atoms with Crippen LogP contribution in [0.1, 0.15) is 82.5 Å². The highest BCUT2D eigenvalue weighted by Crippen LogP contribution is 2.51. The minimum Gasteiger partial charge on any atom is -0.346 e. The topological polar surface area (TPSA) is 126 Å². The molecule has 1 aromatic rings. The lowest BCUT2D eigenvalue weighted by atomic mass is 9.59. The van der Waals surface area contributed by atoms with E-state index in [1.807, 2.05) is 14.1 Å². The zero-order valence-corrected chi connectivity index (χ0v) is 19.9. The summed E-state index contributed by atoms with van der Waals surface area (Å²) in [5, 5.41) is 9.91. The maximum atomic E-state index is 12.4. The van der Waals surface area contributed by atoms with Crippen molar-refractivity contribution < 1.29 is 14.1 Å². The Kier molecular flexibility index (Phi) is 8.64. The quantitative estimate of drug-likeness (QED) is 0.441. The first-order chi connectivity index (χ1) is 15.3. The van der Waals surface area contributed by atoms with Crippen LogP contribution in [0.4, 0.5) is 0 Å². The number of nitrogens with two attached hydrogens (primary N) is 1. The molecule has 0 radical (unpaired) electrons. The molecule has 0 aliphatic heterocycles. The number of hydrogen-bond acceptors (Lipinski definition) is 7. The Labute approximate surface area is 191 Å². The van der Waals surface area contributed by atoms with E-state index < -0.39 is 0 Å². The fraction of sp³-hybridized carbons (Fsp3) is 0.826. The van der Waals surface area contributed by atoms with Crippen LogP contribution in [0.5, 0.6) is 0 Å². The summed E-state index contributed by atoms with van der Waals surface area (Å²) >= 11 is 0. The molecule has 9 nitrogen and oxygen atoms in total. The molecule has 180 valence electrons. The number of fused-ring (bicyclic) bond motifs is 2. The van der Waals surface area contributed by atoms with Gasteiger partial charge in [0.05, 0.1) is 13.1 Å². The molecule has 2 bridgehead atoms. The summed E-state index contributed by atoms with van der Waals surface area (Å²) < 4.78 is 5.73. The van der Waals surface area contributed by atoms with Crippen molar-refractivity contribution in [2.24, 2.45) is 17.6 Å². The molecular weight excluding hydrogens is 408 g/mol. The minimum atomic E-state index is -0.363. The molecule has 3 rings (SSSR count). The van der Waals surface area contributed by atoms with Crippen LogP contribution in [0, 0.1) is 11.8 Å². The summed E-state index contributed by atoms with van der Waals surface area (Å²) in [5.41, 5.74) is 5.31. The zero-order chi connectivity index (χ0) is 23.1. The van der Waals surface area contributed by atoms with Gasteiger partial charge in [0.1, 0.15) is 6.04 Å². The van der Waals surface area contributed by atoms with E-state index >= 15 is 0 Å². The second kappa shape index (κ2) is 11.2. The lowest BCUT2D eigenvalue weighted by Crippen LogP contribution is -2.41. The summed E-state index contributed by atoms with van der Waals surface area (Å²) in [5.74, 6) is 2.06. The lowest BCUT2D eigenvalue weighted by Gasteiger charge is -2.45. The van der Waals surface area contributed by atoms with Crippen molar-refractivity contribution in [3.63, 3.8) is 0 Å². The van der Waals surface area contributed by atoms with E-state index in [1.165, 1.54) is 19.3 Å². The first kappa shape index (κ1) is 24.6. The van der Waals surface area contributed by atoms with E-state index in [-0.39, 0.29) is 36.4 Å². The molecule has 9 heteroatoms. The Morgan fingerprint density at radius 3 is 2.84 bits per heavy atom. The van der Waals surface area contributed by atoms with Crippen molar-refractivity contribution in [1.29, 1.82) is 0 Å². The Hall–Kier alpha value is -2.00. The zero-order valence-electron chi connectivity index (χ0n) is 19.9. The molecule has 0 spiro atoms. The first-order valence-electron chi connectivity index (χ1n) is 12.1. The molecule has 2 fully saturated rings. The standard InChI is InChI=1S/C23H40N6O3/c1-16-11-17-7-6-9-23(12-16,13-17)22-27-21(32-28-22)18(8-4-5-10-29(2)3)26-20(31)15-25-19(30)14-24/h16-18H,4-15,24H2,1-3H3,(H,25,30)(H,26,31). The van der Waals surface area contributed by atoms with Gasteiger partial charge in [-0.25, -0.2) is 0 Å². The summed E-state index contributed by atoms with van der Waals surface area (Å²) in [6.07, 6.45) is 9.80. The van der Waals surface area contributed by atoms with Crippen LogP contribution in [0.25, 0.3) is 0 Å². The number of nitrogens with zero attached hydrogens (tertiary/aromatic N) is 3. The molecule has 4 N–H and O–H groups in total. The fourth-order valence-electron chi connectivity index (χ4n) is 5.61. The Morgan fingerprint density at radius 1 is 1.28 bits per heavy atom. The van der Waals surface area contributed by atoms with Crippen LogP contribution in [0.3, 0.4) is 0 Å². The Bertz CT molecular complexity index is 763. The van der Waals surface area contributed by atoms with Crippen molar-refractivity contribution in [3.8, 4) is 0 Å². The summed E-state index contributed by atoms with van der Waals surface area (Å²) in [4.78, 5) is 30.8. The number of unbranched alkanes of at least 4 members (excludes halogenated alkanes) is 1. The molecule has 1 heterocycles. The van der Waals surface area contributed by atoms with Gasteiger partial charge in [0.15, 0.2) is 5.82 Å². The molecule has 32 heavy (non-hydrogen) atoms. The third kappa shape index (κ3) is 6.51. The van der Waals surface area contributed by atoms with Crippen LogP contribution >= 0.6 is 0 Å². The summed E-state index contributed by atoms with van der Waals surface area (Å²) in [6, 6.07) is -0.363. The molecule has 2 amide bonds. The average Bonchev–Trinajstić information content (AvgIpc) is 3.24. The van der Waals surface area contributed by atoms with Gasteiger partial charge in [-0.3, -0.25) is 9.59 Å². The highest BCUT2D eigenvalue weighted by Gasteiger charge is 2.46. The number of carbonyl (C=O) groups excluding carboxylic acids is 2. The fourth-order valence-corrected chi connectivity index (χ4v) is 5.61. The number of carbonyl (C=O) groups is 2. The number of amides is 2. The normalized spacial score (nSPS) is 26.0. The van der Waals surface area contributed by atoms with Crippen molar-refractivity contribution in [2.45, 2.75) is 76.2 Å². The van der Waals surface area contributed by atoms with E-state index in [0.717, 1.165) is 50.4 Å². The number of rotatable bonds is 11. The van der Waals surface area contributed by atoms with Gasteiger partial charge in [-0.2, -0.15) is 4.98 Å². The smallest absolute Gasteiger partial charge is 0.249 e. The number of hydrogen-bond donors (Lipinski definition) is 3. The molecule has 0 saturated heterocycles. The molecule has 2 aliphatic carbocycles. The SMILES string of the molecule is CC1CC2CCCC(c3noc(C(CCCCN(C)C)NC(=O)CNC(=O)CN)n3)(C1)C2.